The Morgan fingerprint density at radius 1 is 1.10 bits per heavy atom. The van der Waals surface area contributed by atoms with Gasteiger partial charge in [-0.25, -0.2) is 9.28 Å². The number of rotatable bonds is 14. The van der Waals surface area contributed by atoms with Crippen LogP contribution in [0.2, 0.25) is 0 Å². The molecule has 0 aliphatic rings. The molecular weight excluding hydrogens is 517 g/mol. The number of ether oxygens (including phenoxy) is 1. The minimum atomic E-state index is -0.517. The molecule has 7 nitrogen and oxygen atoms in total. The van der Waals surface area contributed by atoms with Gasteiger partial charge in [-0.2, -0.15) is 0 Å². The van der Waals surface area contributed by atoms with Crippen LogP contribution >= 0.6 is 12.2 Å². The van der Waals surface area contributed by atoms with Crippen LogP contribution in [-0.4, -0.2) is 32.2 Å². The first-order chi connectivity index (χ1) is 18.6. The second-order valence-corrected chi connectivity index (χ2v) is 10.6. The smallest absolute Gasteiger partial charge is 0.251 e. The molecule has 3 aromatic rings. The fraction of sp³-hybridized carbons (Fsp3) is 0.367. The third kappa shape index (κ3) is 9.33. The van der Waals surface area contributed by atoms with E-state index in [1.165, 1.54) is 30.4 Å². The maximum atomic E-state index is 13.3. The number of hydrogen-bond acceptors (Lipinski definition) is 7. The zero-order valence-corrected chi connectivity index (χ0v) is 24.0. The average molecular weight is 556 g/mol. The quantitative estimate of drug-likeness (QED) is 0.108. The van der Waals surface area contributed by atoms with Crippen LogP contribution in [0.1, 0.15) is 58.9 Å². The number of anilines is 1. The first-order valence-electron chi connectivity index (χ1n) is 12.9. The Labute approximate surface area is 235 Å². The number of nitrogens with one attached hydrogen (secondary N) is 1. The predicted octanol–water partition coefficient (Wildman–Crippen LogP) is 6.07. The van der Waals surface area contributed by atoms with Crippen LogP contribution in [0.5, 0.6) is 0 Å². The highest BCUT2D eigenvalue weighted by atomic mass is 32.2. The number of hydrogen-bond donors (Lipinski definition) is 2. The van der Waals surface area contributed by atoms with Crippen molar-refractivity contribution in [2.45, 2.75) is 51.8 Å². The number of carbonyl (C=O) groups is 1. The Morgan fingerprint density at radius 2 is 1.79 bits per heavy atom. The lowest BCUT2D eigenvalue weighted by atomic mass is 9.90. The second kappa shape index (κ2) is 14.4. The topological polar surface area (TPSA) is 86.0 Å². The van der Waals surface area contributed by atoms with E-state index >= 15 is 0 Å². The zero-order valence-electron chi connectivity index (χ0n) is 23.2. The summed E-state index contributed by atoms with van der Waals surface area (Å²) in [6.07, 6.45) is 1.45. The molecule has 0 spiro atoms. The summed E-state index contributed by atoms with van der Waals surface area (Å²) < 4.78 is 26.2. The number of benzene rings is 3. The summed E-state index contributed by atoms with van der Waals surface area (Å²) in [6, 6.07) is 19.6. The van der Waals surface area contributed by atoms with Crippen LogP contribution in [0.3, 0.4) is 0 Å². The third-order valence-corrected chi connectivity index (χ3v) is 7.20. The predicted molar refractivity (Wildman–Crippen MR) is 155 cm³/mol. The number of halogens is 1. The normalized spacial score (nSPS) is 13.5. The molecule has 0 heterocycles. The van der Waals surface area contributed by atoms with E-state index in [0.29, 0.717) is 18.6 Å². The fourth-order valence-electron chi connectivity index (χ4n) is 4.07. The number of amides is 1. The maximum Gasteiger partial charge on any atom is 0.251 e. The second-order valence-electron chi connectivity index (χ2n) is 9.81. The van der Waals surface area contributed by atoms with Crippen LogP contribution in [0.4, 0.5) is 10.1 Å². The van der Waals surface area contributed by atoms with Gasteiger partial charge in [0.15, 0.2) is 12.2 Å². The standard InChI is InChI=1S/C30H38FN3O4S/c1-6-30(32,18-23-9-7-21(2)8-10-23)20-37-19-24-15-26(17-28(16-24)34(4)39-38-36-5)29(35)33-22(3)25-11-13-27(31)14-12-25/h7-17,22H,6,18-20,32H2,1-5H3,(H,33,35)/t22-,30?/m1/s1. The summed E-state index contributed by atoms with van der Waals surface area (Å²) in [7, 11) is 3.22. The van der Waals surface area contributed by atoms with E-state index in [9.17, 15) is 9.18 Å². The molecule has 0 aromatic heterocycles. The minimum Gasteiger partial charge on any atom is -0.375 e. The monoisotopic (exact) mass is 555 g/mol. The summed E-state index contributed by atoms with van der Waals surface area (Å²) in [6.45, 7) is 6.62. The molecule has 0 aliphatic carbocycles. The van der Waals surface area contributed by atoms with Gasteiger partial charge in [0.05, 0.1) is 26.4 Å². The zero-order chi connectivity index (χ0) is 28.4. The first-order valence-corrected chi connectivity index (χ1v) is 13.6. The van der Waals surface area contributed by atoms with Gasteiger partial charge < -0.3 is 15.8 Å². The molecule has 1 unspecified atom stereocenters. The SMILES string of the molecule is CCC(N)(COCc1cc(C(=O)N[C@H](C)c2ccc(F)cc2)cc(N(C)SOOC)c1)Cc1ccc(C)cc1. The van der Waals surface area contributed by atoms with Crippen molar-refractivity contribution in [1.29, 1.82) is 0 Å². The van der Waals surface area contributed by atoms with Gasteiger partial charge in [0.2, 0.25) is 0 Å². The lowest BCUT2D eigenvalue weighted by Gasteiger charge is -2.28. The van der Waals surface area contributed by atoms with Gasteiger partial charge in [0, 0.05) is 23.8 Å². The molecule has 39 heavy (non-hydrogen) atoms. The van der Waals surface area contributed by atoms with E-state index in [4.69, 9.17) is 19.7 Å². The average Bonchev–Trinajstić information content (AvgIpc) is 2.93. The van der Waals surface area contributed by atoms with Gasteiger partial charge in [0.1, 0.15) is 5.82 Å². The van der Waals surface area contributed by atoms with Crippen LogP contribution in [0.25, 0.3) is 0 Å². The molecule has 0 saturated carbocycles. The third-order valence-electron chi connectivity index (χ3n) is 6.57. The van der Waals surface area contributed by atoms with Crippen molar-refractivity contribution in [3.63, 3.8) is 0 Å². The molecule has 3 rings (SSSR count). The summed E-state index contributed by atoms with van der Waals surface area (Å²) in [5.74, 6) is -0.584. The molecule has 3 N–H and O–H groups in total. The molecule has 0 aliphatic heterocycles. The van der Waals surface area contributed by atoms with E-state index in [0.717, 1.165) is 35.5 Å². The minimum absolute atomic E-state index is 0.262. The van der Waals surface area contributed by atoms with Gasteiger partial charge in [-0.05, 0) is 73.7 Å². The molecule has 0 saturated heterocycles. The Bertz CT molecular complexity index is 1210. The summed E-state index contributed by atoms with van der Waals surface area (Å²) in [5.41, 5.74) is 11.4. The van der Waals surface area contributed by atoms with E-state index in [-0.39, 0.29) is 24.4 Å². The van der Waals surface area contributed by atoms with Gasteiger partial charge in [-0.3, -0.25) is 9.10 Å². The fourth-order valence-corrected chi connectivity index (χ4v) is 4.41. The summed E-state index contributed by atoms with van der Waals surface area (Å²) in [4.78, 5) is 17.9. The Morgan fingerprint density at radius 3 is 2.44 bits per heavy atom. The highest BCUT2D eigenvalue weighted by Crippen LogP contribution is 2.26. The van der Waals surface area contributed by atoms with E-state index in [2.05, 4.69) is 43.4 Å². The summed E-state index contributed by atoms with van der Waals surface area (Å²) >= 11 is 0.988. The van der Waals surface area contributed by atoms with Crippen LogP contribution in [0.15, 0.2) is 66.7 Å². The van der Waals surface area contributed by atoms with Crippen molar-refractivity contribution >= 4 is 23.8 Å². The lowest BCUT2D eigenvalue weighted by molar-refractivity contribution is -0.160. The van der Waals surface area contributed by atoms with Crippen LogP contribution < -0.4 is 15.4 Å². The van der Waals surface area contributed by atoms with Gasteiger partial charge in [-0.15, -0.1) is 4.33 Å². The highest BCUT2D eigenvalue weighted by molar-refractivity contribution is 7.95. The Balaban J connectivity index is 1.74. The molecule has 0 radical (unpaired) electrons. The van der Waals surface area contributed by atoms with Crippen molar-refractivity contribution < 1.29 is 23.1 Å². The maximum absolute atomic E-state index is 13.3. The van der Waals surface area contributed by atoms with Gasteiger partial charge >= 0.3 is 0 Å². The molecule has 9 heteroatoms. The number of carbonyl (C=O) groups excluding carboxylic acids is 1. The molecular formula is C30H38FN3O4S. The van der Waals surface area contributed by atoms with E-state index < -0.39 is 5.54 Å². The number of nitrogens with two attached hydrogens (primary N) is 1. The lowest BCUT2D eigenvalue weighted by Crippen LogP contribution is -2.46. The highest BCUT2D eigenvalue weighted by Gasteiger charge is 2.24. The van der Waals surface area contributed by atoms with Gasteiger partial charge in [0.25, 0.3) is 5.91 Å². The molecule has 210 valence electrons. The van der Waals surface area contributed by atoms with Crippen LogP contribution in [-0.2, 0) is 27.0 Å². The van der Waals surface area contributed by atoms with Crippen LogP contribution in [0, 0.1) is 12.7 Å². The number of aryl methyl sites for hydroxylation is 1. The van der Waals surface area contributed by atoms with Crippen molar-refractivity contribution in [2.24, 2.45) is 5.73 Å². The molecule has 3 aromatic carbocycles. The molecule has 2 atom stereocenters. The van der Waals surface area contributed by atoms with Gasteiger partial charge in [-0.1, -0.05) is 48.9 Å². The van der Waals surface area contributed by atoms with E-state index in [1.807, 2.05) is 13.0 Å². The molecule has 0 bridgehead atoms. The van der Waals surface area contributed by atoms with Crippen molar-refractivity contribution in [1.82, 2.24) is 5.32 Å². The first kappa shape index (κ1) is 30.6. The number of nitrogens with zero attached hydrogens (tertiary/aromatic N) is 1. The Kier molecular flexibility index (Phi) is 11.3. The molecule has 1 amide bonds. The summed E-state index contributed by atoms with van der Waals surface area (Å²) in [5, 5.41) is 2.99. The molecule has 0 fully saturated rings. The Hall–Kier alpha value is -2.95. The van der Waals surface area contributed by atoms with E-state index in [1.54, 1.807) is 35.6 Å². The van der Waals surface area contributed by atoms with Crippen molar-refractivity contribution in [2.75, 3.05) is 25.1 Å². The van der Waals surface area contributed by atoms with Crippen molar-refractivity contribution in [3.05, 3.63) is 100 Å². The van der Waals surface area contributed by atoms with Crippen molar-refractivity contribution in [3.8, 4) is 0 Å². The largest absolute Gasteiger partial charge is 0.375 e.